The summed E-state index contributed by atoms with van der Waals surface area (Å²) >= 11 is 0.0471. The van der Waals surface area contributed by atoms with Crippen LogP contribution in [0.4, 0.5) is 0 Å². The number of rotatable bonds is 2. The van der Waals surface area contributed by atoms with Gasteiger partial charge in [0, 0.05) is 0 Å². The van der Waals surface area contributed by atoms with Gasteiger partial charge in [0.25, 0.3) is 0 Å². The van der Waals surface area contributed by atoms with Gasteiger partial charge in [-0.1, -0.05) is 0 Å². The normalized spacial score (nSPS) is 9.89. The van der Waals surface area contributed by atoms with Crippen molar-refractivity contribution in [2.75, 3.05) is 4.93 Å². The van der Waals surface area contributed by atoms with Crippen molar-refractivity contribution in [3.63, 3.8) is 0 Å². The van der Waals surface area contributed by atoms with Gasteiger partial charge in [0.2, 0.25) is 0 Å². The van der Waals surface area contributed by atoms with Crippen LogP contribution >= 0.6 is 0 Å². The molecular weight excluding hydrogens is 229 g/mol. The summed E-state index contributed by atoms with van der Waals surface area (Å²) in [6, 6.07) is 0. The van der Waals surface area contributed by atoms with E-state index in [0.717, 1.165) is 3.77 Å². The third-order valence-corrected chi connectivity index (χ3v) is 2.42. The van der Waals surface area contributed by atoms with Gasteiger partial charge in [-0.2, -0.15) is 0 Å². The van der Waals surface area contributed by atoms with Crippen molar-refractivity contribution < 1.29 is 25.6 Å². The van der Waals surface area contributed by atoms with Crippen LogP contribution in [0.15, 0.2) is 17.2 Å². The number of halogens is 1. The number of hydrogen-bond donors (Lipinski definition) is 0. The Morgan fingerprint density at radius 3 is 3.00 bits per heavy atom. The van der Waals surface area contributed by atoms with E-state index < -0.39 is 0 Å². The van der Waals surface area contributed by atoms with Crippen molar-refractivity contribution in [1.82, 2.24) is 4.98 Å². The summed E-state index contributed by atoms with van der Waals surface area (Å²) in [5.74, 6) is 0.631. The number of oxazole rings is 1. The molecule has 0 aromatic carbocycles. The SMILES string of the molecule is C=Cc1ncc([I-]C)o1. The molecule has 0 spiro atoms. The summed E-state index contributed by atoms with van der Waals surface area (Å²) in [7, 11) is 0. The zero-order chi connectivity index (χ0) is 6.69. The fourth-order valence-corrected chi connectivity index (χ4v) is 1.31. The molecule has 0 aliphatic carbocycles. The fourth-order valence-electron chi connectivity index (χ4n) is 0.449. The molecule has 0 N–H and O–H groups in total. The maximum absolute atomic E-state index is 5.20. The molecule has 0 aliphatic rings. The summed E-state index contributed by atoms with van der Waals surface area (Å²) in [4.78, 5) is 6.08. The average Bonchev–Trinajstić information content (AvgIpc) is 2.34. The first kappa shape index (κ1) is 6.80. The van der Waals surface area contributed by atoms with Gasteiger partial charge in [0.05, 0.1) is 0 Å². The molecule has 0 saturated carbocycles. The monoisotopic (exact) mass is 236 g/mol. The third-order valence-electron chi connectivity index (χ3n) is 0.856. The summed E-state index contributed by atoms with van der Waals surface area (Å²) in [5.41, 5.74) is 0. The Morgan fingerprint density at radius 2 is 2.67 bits per heavy atom. The van der Waals surface area contributed by atoms with Crippen LogP contribution in [0.2, 0.25) is 0 Å². The van der Waals surface area contributed by atoms with E-state index in [0.29, 0.717) is 5.89 Å². The molecule has 3 heteroatoms. The minimum atomic E-state index is 0.0471. The molecule has 1 aromatic heterocycles. The molecule has 0 aliphatic heterocycles. The van der Waals surface area contributed by atoms with E-state index >= 15 is 0 Å². The van der Waals surface area contributed by atoms with Gasteiger partial charge in [0.1, 0.15) is 0 Å². The van der Waals surface area contributed by atoms with Crippen LogP contribution < -0.4 is 21.2 Å². The van der Waals surface area contributed by atoms with E-state index in [1.165, 1.54) is 0 Å². The van der Waals surface area contributed by atoms with Crippen LogP contribution in [-0.2, 0) is 0 Å². The van der Waals surface area contributed by atoms with E-state index in [1.54, 1.807) is 12.3 Å². The molecule has 0 unspecified atom stereocenters. The van der Waals surface area contributed by atoms with Crippen molar-refractivity contribution in [3.05, 3.63) is 22.4 Å². The quantitative estimate of drug-likeness (QED) is 0.447. The van der Waals surface area contributed by atoms with Gasteiger partial charge >= 0.3 is 64.0 Å². The Morgan fingerprint density at radius 1 is 1.89 bits per heavy atom. The second-order valence-electron chi connectivity index (χ2n) is 1.40. The molecule has 1 aromatic rings. The standard InChI is InChI=1S/C6H7INO/c1-3-6-8-4-5(7-2)9-6/h3-4H,1H2,2H3/q-1. The zero-order valence-corrected chi connectivity index (χ0v) is 7.25. The fraction of sp³-hybridized carbons (Fsp3) is 0.167. The first-order chi connectivity index (χ1) is 4.36. The van der Waals surface area contributed by atoms with Crippen LogP contribution in [0.25, 0.3) is 6.08 Å². The Bertz CT molecular complexity index is 207. The number of aromatic nitrogens is 1. The van der Waals surface area contributed by atoms with Gasteiger partial charge < -0.3 is 0 Å². The van der Waals surface area contributed by atoms with Gasteiger partial charge in [-0.05, 0) is 0 Å². The predicted molar refractivity (Wildman–Crippen MR) is 31.2 cm³/mol. The molecule has 0 radical (unpaired) electrons. The van der Waals surface area contributed by atoms with Gasteiger partial charge in [-0.15, -0.1) is 0 Å². The molecule has 9 heavy (non-hydrogen) atoms. The van der Waals surface area contributed by atoms with Crippen LogP contribution in [-0.4, -0.2) is 9.91 Å². The van der Waals surface area contributed by atoms with Crippen LogP contribution in [0.3, 0.4) is 0 Å². The third kappa shape index (κ3) is 1.54. The first-order valence-electron chi connectivity index (χ1n) is 2.44. The Labute approximate surface area is 64.2 Å². The topological polar surface area (TPSA) is 26.0 Å². The van der Waals surface area contributed by atoms with Gasteiger partial charge in [-0.3, -0.25) is 0 Å². The Kier molecular flexibility index (Phi) is 2.27. The van der Waals surface area contributed by atoms with E-state index in [9.17, 15) is 0 Å². The van der Waals surface area contributed by atoms with E-state index in [4.69, 9.17) is 4.42 Å². The number of hydrogen-bond acceptors (Lipinski definition) is 2. The molecule has 0 bridgehead atoms. The van der Waals surface area contributed by atoms with E-state index in [-0.39, 0.29) is 21.2 Å². The predicted octanol–water partition coefficient (Wildman–Crippen LogP) is -1.79. The van der Waals surface area contributed by atoms with Crippen LogP contribution in [0.1, 0.15) is 5.89 Å². The minimum absolute atomic E-state index is 0.0471. The summed E-state index contributed by atoms with van der Waals surface area (Å²) in [5, 5.41) is 0. The average molecular weight is 236 g/mol. The van der Waals surface area contributed by atoms with Crippen LogP contribution in [0.5, 0.6) is 0 Å². The molecule has 0 amide bonds. The van der Waals surface area contributed by atoms with Crippen molar-refractivity contribution in [2.45, 2.75) is 0 Å². The second-order valence-corrected chi connectivity index (χ2v) is 3.54. The van der Waals surface area contributed by atoms with E-state index in [1.807, 2.05) is 0 Å². The van der Waals surface area contributed by atoms with E-state index in [2.05, 4.69) is 16.5 Å². The van der Waals surface area contributed by atoms with Crippen molar-refractivity contribution in [2.24, 2.45) is 0 Å². The maximum atomic E-state index is 5.20. The molecular formula is C6H7INO-. The molecule has 1 heterocycles. The second kappa shape index (κ2) is 3.00. The molecule has 0 fully saturated rings. The first-order valence-corrected chi connectivity index (χ1v) is 5.68. The zero-order valence-electron chi connectivity index (χ0n) is 5.10. The Balaban J connectivity index is 2.86. The molecule has 1 rings (SSSR count). The summed E-state index contributed by atoms with van der Waals surface area (Å²) < 4.78 is 6.22. The number of alkyl halides is 1. The Hall–Kier alpha value is -0.320. The molecule has 0 saturated heterocycles. The van der Waals surface area contributed by atoms with Crippen molar-refractivity contribution in [1.29, 1.82) is 0 Å². The molecule has 0 atom stereocenters. The van der Waals surface area contributed by atoms with Gasteiger partial charge in [0.15, 0.2) is 0 Å². The van der Waals surface area contributed by atoms with Crippen LogP contribution in [0, 0.1) is 3.77 Å². The molecule has 50 valence electrons. The van der Waals surface area contributed by atoms with Gasteiger partial charge in [-0.25, -0.2) is 0 Å². The summed E-state index contributed by atoms with van der Waals surface area (Å²) in [6.07, 6.45) is 3.38. The number of nitrogens with zero attached hydrogens (tertiary/aromatic N) is 1. The summed E-state index contributed by atoms with van der Waals surface area (Å²) in [6.45, 7) is 3.53. The molecule has 2 nitrogen and oxygen atoms in total. The van der Waals surface area contributed by atoms with Crippen molar-refractivity contribution >= 4 is 6.08 Å². The van der Waals surface area contributed by atoms with Crippen molar-refractivity contribution in [3.8, 4) is 0 Å².